The quantitative estimate of drug-likeness (QED) is 0.251. The topological polar surface area (TPSA) is 48.3 Å². The summed E-state index contributed by atoms with van der Waals surface area (Å²) in [4.78, 5) is 11.8. The van der Waals surface area contributed by atoms with Crippen LogP contribution in [0.15, 0.2) is 113 Å². The highest BCUT2D eigenvalue weighted by Crippen LogP contribution is 2.55. The maximum Gasteiger partial charge on any atom is 0.234 e. The van der Waals surface area contributed by atoms with E-state index in [4.69, 9.17) is 21.8 Å². The molecule has 0 saturated heterocycles. The molecule has 0 fully saturated rings. The maximum atomic E-state index is 12.8. The Bertz CT molecular complexity index is 1660. The molecule has 2 aliphatic heterocycles. The lowest BCUT2D eigenvalue weighted by molar-refractivity contribution is -0.110. The van der Waals surface area contributed by atoms with Gasteiger partial charge in [0.15, 0.2) is 10.8 Å². The number of halogens is 1. The summed E-state index contributed by atoms with van der Waals surface area (Å²) in [5.74, 6) is -0.105. The zero-order valence-electron chi connectivity index (χ0n) is 22.8. The van der Waals surface area contributed by atoms with Crippen molar-refractivity contribution in [1.82, 2.24) is 0 Å². The van der Waals surface area contributed by atoms with Gasteiger partial charge in [0.2, 0.25) is 4.99 Å². The van der Waals surface area contributed by atoms with E-state index in [1.807, 2.05) is 76.7 Å². The monoisotopic (exact) mass is 564 g/mol. The molecule has 40 heavy (non-hydrogen) atoms. The van der Waals surface area contributed by atoms with Gasteiger partial charge in [-0.05, 0) is 53.1 Å². The van der Waals surface area contributed by atoms with Gasteiger partial charge in [-0.15, -0.1) is 0 Å². The Morgan fingerprint density at radius 3 is 2.12 bits per heavy atom. The van der Waals surface area contributed by atoms with Gasteiger partial charge in [-0.1, -0.05) is 105 Å². The fourth-order valence-electron chi connectivity index (χ4n) is 5.09. The highest BCUT2D eigenvalue weighted by atomic mass is 35.5. The number of para-hydroxylation sites is 1. The molecular formula is C33H29ClN4OS. The Hall–Kier alpha value is -3.87. The fourth-order valence-corrected chi connectivity index (χ4v) is 6.57. The van der Waals surface area contributed by atoms with E-state index in [2.05, 4.69) is 57.2 Å². The molecule has 0 radical (unpaired) electrons. The third kappa shape index (κ3) is 4.41. The van der Waals surface area contributed by atoms with Crippen molar-refractivity contribution >= 4 is 51.3 Å². The summed E-state index contributed by atoms with van der Waals surface area (Å²) in [6.45, 7) is 8.19. The van der Waals surface area contributed by atoms with Crippen LogP contribution in [0.4, 0.5) is 11.4 Å². The van der Waals surface area contributed by atoms with Crippen LogP contribution in [0.3, 0.4) is 0 Å². The Morgan fingerprint density at radius 1 is 0.800 bits per heavy atom. The maximum absolute atomic E-state index is 12.8. The number of rotatable bonds is 4. The van der Waals surface area contributed by atoms with Gasteiger partial charge in [0.1, 0.15) is 0 Å². The van der Waals surface area contributed by atoms with Crippen molar-refractivity contribution in [3.8, 4) is 0 Å². The van der Waals surface area contributed by atoms with Crippen molar-refractivity contribution in [2.75, 3.05) is 10.0 Å². The number of fused-ring (bicyclic) bond motifs is 2. The van der Waals surface area contributed by atoms with E-state index >= 15 is 0 Å². The van der Waals surface area contributed by atoms with Crippen LogP contribution in [-0.4, -0.2) is 16.5 Å². The molecule has 0 amide bonds. The highest BCUT2D eigenvalue weighted by Gasteiger charge is 2.55. The molecule has 0 saturated carbocycles. The predicted molar refractivity (Wildman–Crippen MR) is 167 cm³/mol. The lowest BCUT2D eigenvalue weighted by Crippen LogP contribution is -2.54. The molecule has 1 atom stereocenters. The van der Waals surface area contributed by atoms with E-state index in [0.29, 0.717) is 10.1 Å². The molecule has 1 spiro atoms. The number of Topliss-reactive ketones (excluding diaryl/α,β-unsaturated/α-hetero) is 1. The summed E-state index contributed by atoms with van der Waals surface area (Å²) in [5.41, 5.74) is 6.78. The number of carbonyl (C=O) groups is 1. The molecular weight excluding hydrogens is 536 g/mol. The molecule has 4 aromatic rings. The van der Waals surface area contributed by atoms with E-state index in [0.717, 1.165) is 33.8 Å². The summed E-state index contributed by atoms with van der Waals surface area (Å²) in [6, 6.07) is 34.5. The largest absolute Gasteiger partial charge is 0.292 e. The van der Waals surface area contributed by atoms with Crippen LogP contribution in [0, 0.1) is 0 Å². The Morgan fingerprint density at radius 2 is 1.45 bits per heavy atom. The summed E-state index contributed by atoms with van der Waals surface area (Å²) < 4.78 is 0. The van der Waals surface area contributed by atoms with Crippen molar-refractivity contribution < 1.29 is 4.79 Å². The van der Waals surface area contributed by atoms with Gasteiger partial charge in [0, 0.05) is 28.6 Å². The molecule has 1 unspecified atom stereocenters. The van der Waals surface area contributed by atoms with Crippen molar-refractivity contribution in [2.45, 2.75) is 38.1 Å². The number of ketones is 1. The van der Waals surface area contributed by atoms with E-state index in [1.165, 1.54) is 17.3 Å². The molecule has 5 nitrogen and oxygen atoms in total. The standard InChI is InChI=1S/C33H29ClN4OS/c1-22(39)31-36-38(27-14-10-11-25(34)21-27)33(40-31)29-16-9-8-15-28(29)30(35-37(33)26-12-6-5-7-13-26)23-17-19-24(20-18-23)32(2,3)4/h5-21H,1-4H3. The fraction of sp³-hybridized carbons (Fsp3) is 0.182. The number of anilines is 2. The van der Waals surface area contributed by atoms with Gasteiger partial charge < -0.3 is 0 Å². The molecule has 2 aliphatic rings. The van der Waals surface area contributed by atoms with Crippen LogP contribution in [-0.2, 0) is 15.2 Å². The van der Waals surface area contributed by atoms with Gasteiger partial charge >= 0.3 is 0 Å². The average molecular weight is 565 g/mol. The van der Waals surface area contributed by atoms with Crippen LogP contribution in [0.25, 0.3) is 0 Å². The van der Waals surface area contributed by atoms with Crippen LogP contribution >= 0.6 is 23.4 Å². The van der Waals surface area contributed by atoms with Crippen molar-refractivity contribution in [1.29, 1.82) is 0 Å². The SMILES string of the molecule is CC(=O)C1=NN(c2cccc(Cl)c2)C2(S1)c1ccccc1C(c1ccc(C(C)(C)C)cc1)=NN2c1ccccc1. The van der Waals surface area contributed by atoms with Crippen LogP contribution in [0.2, 0.25) is 5.02 Å². The minimum absolute atomic E-state index is 0.0450. The van der Waals surface area contributed by atoms with Crippen LogP contribution in [0.1, 0.15) is 49.9 Å². The zero-order valence-corrected chi connectivity index (χ0v) is 24.4. The van der Waals surface area contributed by atoms with Crippen molar-refractivity contribution in [2.24, 2.45) is 10.2 Å². The molecule has 0 N–H and O–H groups in total. The number of hydrazone groups is 2. The van der Waals surface area contributed by atoms with Gasteiger partial charge in [0.25, 0.3) is 0 Å². The van der Waals surface area contributed by atoms with E-state index in [9.17, 15) is 4.79 Å². The van der Waals surface area contributed by atoms with Crippen LogP contribution in [0.5, 0.6) is 0 Å². The molecule has 6 rings (SSSR count). The van der Waals surface area contributed by atoms with E-state index in [1.54, 1.807) is 6.92 Å². The van der Waals surface area contributed by atoms with Gasteiger partial charge in [-0.25, -0.2) is 10.0 Å². The summed E-state index contributed by atoms with van der Waals surface area (Å²) in [6.07, 6.45) is 0. The second-order valence-electron chi connectivity index (χ2n) is 10.9. The first-order valence-corrected chi connectivity index (χ1v) is 14.4. The summed E-state index contributed by atoms with van der Waals surface area (Å²) in [5, 5.41) is 15.1. The van der Waals surface area contributed by atoms with E-state index in [-0.39, 0.29) is 11.2 Å². The lowest BCUT2D eigenvalue weighted by Gasteiger charge is -2.47. The average Bonchev–Trinajstić information content (AvgIpc) is 3.35. The van der Waals surface area contributed by atoms with Gasteiger partial charge in [-0.3, -0.25) is 4.79 Å². The predicted octanol–water partition coefficient (Wildman–Crippen LogP) is 8.18. The number of nitrogens with zero attached hydrogens (tertiary/aromatic N) is 4. The number of hydrogen-bond donors (Lipinski definition) is 0. The highest BCUT2D eigenvalue weighted by molar-refractivity contribution is 8.17. The first-order valence-electron chi connectivity index (χ1n) is 13.2. The summed E-state index contributed by atoms with van der Waals surface area (Å²) in [7, 11) is 0. The number of hydrogen-bond acceptors (Lipinski definition) is 6. The molecule has 0 aliphatic carbocycles. The van der Waals surface area contributed by atoms with E-state index < -0.39 is 4.99 Å². The Balaban J connectivity index is 1.62. The van der Waals surface area contributed by atoms with Gasteiger partial charge in [0.05, 0.1) is 17.1 Å². The van der Waals surface area contributed by atoms with Crippen molar-refractivity contribution in [3.63, 3.8) is 0 Å². The summed E-state index contributed by atoms with van der Waals surface area (Å²) >= 11 is 7.86. The normalized spacial score (nSPS) is 18.4. The number of carbonyl (C=O) groups excluding carboxylic acids is 1. The van der Waals surface area contributed by atoms with Gasteiger partial charge in [-0.2, -0.15) is 10.2 Å². The second-order valence-corrected chi connectivity index (χ2v) is 12.5. The first kappa shape index (κ1) is 26.4. The molecule has 2 heterocycles. The molecule has 0 bridgehead atoms. The Labute approximate surface area is 244 Å². The van der Waals surface area contributed by atoms with Crippen molar-refractivity contribution in [3.05, 3.63) is 130 Å². The third-order valence-electron chi connectivity index (χ3n) is 7.12. The molecule has 0 aromatic heterocycles. The zero-order chi connectivity index (χ0) is 28.1. The molecule has 200 valence electrons. The molecule has 7 heteroatoms. The third-order valence-corrected chi connectivity index (χ3v) is 8.76. The van der Waals surface area contributed by atoms with Crippen LogP contribution < -0.4 is 10.0 Å². The lowest BCUT2D eigenvalue weighted by atomic mass is 9.85. The minimum atomic E-state index is -1.00. The smallest absolute Gasteiger partial charge is 0.234 e. The minimum Gasteiger partial charge on any atom is -0.292 e. The number of benzene rings is 4. The second kappa shape index (κ2) is 9.95. The first-order chi connectivity index (χ1) is 19.2. The number of thioether (sulfide) groups is 1. The Kier molecular flexibility index (Phi) is 6.56. The molecule has 4 aromatic carbocycles.